The van der Waals surface area contributed by atoms with Crippen LogP contribution in [0, 0.1) is 5.92 Å². The lowest BCUT2D eigenvalue weighted by molar-refractivity contribution is -0.132. The summed E-state index contributed by atoms with van der Waals surface area (Å²) in [7, 11) is 0. The minimum Gasteiger partial charge on any atom is -0.321 e. The molecule has 0 saturated carbocycles. The molecule has 0 radical (unpaired) electrons. The summed E-state index contributed by atoms with van der Waals surface area (Å²) in [5.41, 5.74) is 0. The minimum atomic E-state index is -0.000738. The normalized spacial score (nSPS) is 39.6. The zero-order chi connectivity index (χ0) is 13.6. The number of carbonyl (C=O) groups is 1. The molecule has 4 nitrogen and oxygen atoms in total. The molecule has 0 bridgehead atoms. The van der Waals surface area contributed by atoms with Crippen molar-refractivity contribution in [2.75, 3.05) is 13.1 Å². The van der Waals surface area contributed by atoms with Crippen LogP contribution < -0.4 is 5.32 Å². The molecule has 108 valence electrons. The molecule has 4 unspecified atom stereocenters. The van der Waals surface area contributed by atoms with E-state index in [1.54, 1.807) is 0 Å². The Morgan fingerprint density at radius 2 is 2.05 bits per heavy atom. The van der Waals surface area contributed by atoms with Gasteiger partial charge in [0.2, 0.25) is 5.91 Å². The first-order chi connectivity index (χ1) is 9.08. The van der Waals surface area contributed by atoms with E-state index in [1.165, 1.54) is 32.4 Å². The van der Waals surface area contributed by atoms with Gasteiger partial charge in [-0.1, -0.05) is 13.8 Å². The summed E-state index contributed by atoms with van der Waals surface area (Å²) in [6.45, 7) is 8.91. The van der Waals surface area contributed by atoms with Gasteiger partial charge in [0, 0.05) is 12.6 Å². The molecule has 0 aromatic heterocycles. The summed E-state index contributed by atoms with van der Waals surface area (Å²) in [4.78, 5) is 17.3. The van der Waals surface area contributed by atoms with E-state index in [1.807, 2.05) is 6.92 Å². The lowest BCUT2D eigenvalue weighted by Crippen LogP contribution is -2.49. The monoisotopic (exact) mass is 265 g/mol. The number of nitrogens with one attached hydrogen (secondary N) is 1. The molecule has 3 rings (SSSR count). The zero-order valence-electron chi connectivity index (χ0n) is 12.4. The third-order valence-corrected chi connectivity index (χ3v) is 5.03. The summed E-state index contributed by atoms with van der Waals surface area (Å²) in [5, 5.41) is 3.50. The maximum absolute atomic E-state index is 12.5. The highest BCUT2D eigenvalue weighted by Crippen LogP contribution is 2.34. The van der Waals surface area contributed by atoms with Gasteiger partial charge in [-0.2, -0.15) is 0 Å². The van der Waals surface area contributed by atoms with Crippen LogP contribution >= 0.6 is 0 Å². The van der Waals surface area contributed by atoms with Crippen molar-refractivity contribution >= 4 is 5.91 Å². The van der Waals surface area contributed by atoms with E-state index < -0.39 is 0 Å². The van der Waals surface area contributed by atoms with Gasteiger partial charge in [-0.15, -0.1) is 0 Å². The van der Waals surface area contributed by atoms with Gasteiger partial charge < -0.3 is 4.90 Å². The molecule has 1 N–H and O–H groups in total. The van der Waals surface area contributed by atoms with Crippen molar-refractivity contribution in [2.45, 2.75) is 70.7 Å². The van der Waals surface area contributed by atoms with Crippen LogP contribution in [-0.4, -0.2) is 53.1 Å². The summed E-state index contributed by atoms with van der Waals surface area (Å²) in [6, 6.07) is 1.08. The van der Waals surface area contributed by atoms with Crippen LogP contribution in [0.1, 0.15) is 46.5 Å². The molecule has 1 amide bonds. The summed E-state index contributed by atoms with van der Waals surface area (Å²) in [5.74, 6) is 0.948. The second-order valence-corrected chi connectivity index (χ2v) is 6.88. The van der Waals surface area contributed by atoms with Gasteiger partial charge in [-0.3, -0.25) is 15.0 Å². The van der Waals surface area contributed by atoms with Crippen LogP contribution in [0.15, 0.2) is 0 Å². The van der Waals surface area contributed by atoms with Gasteiger partial charge in [0.05, 0.1) is 18.2 Å². The largest absolute Gasteiger partial charge is 0.321 e. The SMILES string of the molecule is CC(C)CC1NC(C)C(=O)N1C1CCN2CCCC12. The molecule has 3 fully saturated rings. The molecule has 0 aromatic carbocycles. The zero-order valence-corrected chi connectivity index (χ0v) is 12.4. The van der Waals surface area contributed by atoms with Crippen molar-refractivity contribution in [2.24, 2.45) is 5.92 Å². The van der Waals surface area contributed by atoms with Crippen molar-refractivity contribution in [1.82, 2.24) is 15.1 Å². The van der Waals surface area contributed by atoms with Crippen molar-refractivity contribution in [3.63, 3.8) is 0 Å². The Morgan fingerprint density at radius 3 is 2.79 bits per heavy atom. The first-order valence-corrected chi connectivity index (χ1v) is 7.90. The fourth-order valence-corrected chi connectivity index (χ4v) is 4.22. The number of hydrogen-bond acceptors (Lipinski definition) is 3. The van der Waals surface area contributed by atoms with E-state index in [0.29, 0.717) is 23.9 Å². The smallest absolute Gasteiger partial charge is 0.241 e. The maximum atomic E-state index is 12.5. The molecule has 3 aliphatic heterocycles. The van der Waals surface area contributed by atoms with Crippen LogP contribution in [0.3, 0.4) is 0 Å². The Balaban J connectivity index is 1.78. The molecule has 4 atom stereocenters. The van der Waals surface area contributed by atoms with Gasteiger partial charge in [0.1, 0.15) is 0 Å². The van der Waals surface area contributed by atoms with Crippen LogP contribution in [0.4, 0.5) is 0 Å². The predicted octanol–water partition coefficient (Wildman–Crippen LogP) is 1.42. The fourth-order valence-electron chi connectivity index (χ4n) is 4.22. The topological polar surface area (TPSA) is 35.6 Å². The molecular weight excluding hydrogens is 238 g/mol. The molecule has 3 aliphatic rings. The van der Waals surface area contributed by atoms with E-state index in [0.717, 1.165) is 6.42 Å². The fraction of sp³-hybridized carbons (Fsp3) is 0.933. The number of hydrogen-bond donors (Lipinski definition) is 1. The second kappa shape index (κ2) is 5.06. The Bertz CT molecular complexity index is 357. The standard InChI is InChI=1S/C15H27N3O/c1-10(2)9-14-16-11(3)15(19)18(14)13-6-8-17-7-4-5-12(13)17/h10-14,16H,4-9H2,1-3H3. The predicted molar refractivity (Wildman–Crippen MR) is 75.7 cm³/mol. The highest BCUT2D eigenvalue weighted by Gasteiger charge is 2.47. The molecule has 19 heavy (non-hydrogen) atoms. The van der Waals surface area contributed by atoms with Crippen molar-refractivity contribution in [3.8, 4) is 0 Å². The van der Waals surface area contributed by atoms with E-state index in [2.05, 4.69) is 29.0 Å². The molecule has 3 heterocycles. The lowest BCUT2D eigenvalue weighted by Gasteiger charge is -2.34. The van der Waals surface area contributed by atoms with E-state index in [-0.39, 0.29) is 12.2 Å². The van der Waals surface area contributed by atoms with Crippen LogP contribution in [-0.2, 0) is 4.79 Å². The average molecular weight is 265 g/mol. The lowest BCUT2D eigenvalue weighted by atomic mass is 10.0. The third kappa shape index (κ3) is 2.29. The van der Waals surface area contributed by atoms with Gasteiger partial charge in [0.25, 0.3) is 0 Å². The third-order valence-electron chi connectivity index (χ3n) is 5.03. The highest BCUT2D eigenvalue weighted by atomic mass is 16.2. The second-order valence-electron chi connectivity index (χ2n) is 6.88. The number of nitrogens with zero attached hydrogens (tertiary/aromatic N) is 2. The van der Waals surface area contributed by atoms with Crippen LogP contribution in [0.25, 0.3) is 0 Å². The Kier molecular flexibility index (Phi) is 3.56. The van der Waals surface area contributed by atoms with Gasteiger partial charge in [-0.25, -0.2) is 0 Å². The number of fused-ring (bicyclic) bond motifs is 1. The minimum absolute atomic E-state index is 0.000738. The first-order valence-electron chi connectivity index (χ1n) is 7.90. The van der Waals surface area contributed by atoms with E-state index in [4.69, 9.17) is 0 Å². The number of carbonyl (C=O) groups excluding carboxylic acids is 1. The van der Waals surface area contributed by atoms with Gasteiger partial charge in [-0.05, 0) is 45.1 Å². The Labute approximate surface area is 116 Å². The van der Waals surface area contributed by atoms with Crippen LogP contribution in [0.5, 0.6) is 0 Å². The van der Waals surface area contributed by atoms with Gasteiger partial charge >= 0.3 is 0 Å². The van der Waals surface area contributed by atoms with Crippen LogP contribution in [0.2, 0.25) is 0 Å². The Morgan fingerprint density at radius 1 is 1.26 bits per heavy atom. The van der Waals surface area contributed by atoms with Gasteiger partial charge in [0.15, 0.2) is 0 Å². The molecular formula is C15H27N3O. The molecule has 0 aromatic rings. The average Bonchev–Trinajstić information content (AvgIpc) is 2.97. The van der Waals surface area contributed by atoms with Crippen molar-refractivity contribution < 1.29 is 4.79 Å². The summed E-state index contributed by atoms with van der Waals surface area (Å²) in [6.07, 6.45) is 5.07. The first kappa shape index (κ1) is 13.4. The quantitative estimate of drug-likeness (QED) is 0.838. The molecule has 4 heteroatoms. The summed E-state index contributed by atoms with van der Waals surface area (Å²) < 4.78 is 0. The molecule has 0 spiro atoms. The van der Waals surface area contributed by atoms with Crippen molar-refractivity contribution in [1.29, 1.82) is 0 Å². The highest BCUT2D eigenvalue weighted by molar-refractivity contribution is 5.84. The number of rotatable bonds is 3. The van der Waals surface area contributed by atoms with Crippen molar-refractivity contribution in [3.05, 3.63) is 0 Å². The Hall–Kier alpha value is -0.610. The number of amides is 1. The van der Waals surface area contributed by atoms with E-state index in [9.17, 15) is 4.79 Å². The maximum Gasteiger partial charge on any atom is 0.241 e. The van der Waals surface area contributed by atoms with E-state index >= 15 is 0 Å². The molecule has 3 saturated heterocycles. The summed E-state index contributed by atoms with van der Waals surface area (Å²) >= 11 is 0. The molecule has 0 aliphatic carbocycles.